The van der Waals surface area contributed by atoms with Crippen molar-refractivity contribution in [2.24, 2.45) is 0 Å². The summed E-state index contributed by atoms with van der Waals surface area (Å²) in [6.45, 7) is 7.88. The zero-order valence-electron chi connectivity index (χ0n) is 17.0. The molecular formula is C22H24O6. The smallest absolute Gasteiger partial charge is 0.204 e. The zero-order chi connectivity index (χ0) is 20.6. The van der Waals surface area contributed by atoms with E-state index in [1.54, 1.807) is 18.2 Å². The first-order valence-corrected chi connectivity index (χ1v) is 8.75. The second-order valence-electron chi connectivity index (χ2n) is 6.90. The second-order valence-corrected chi connectivity index (χ2v) is 6.90. The molecule has 3 aromatic rings. The van der Waals surface area contributed by atoms with E-state index in [0.717, 1.165) is 5.56 Å². The summed E-state index contributed by atoms with van der Waals surface area (Å²) < 4.78 is 28.1. The van der Waals surface area contributed by atoms with Crippen molar-refractivity contribution in [3.63, 3.8) is 0 Å². The molecule has 0 fully saturated rings. The van der Waals surface area contributed by atoms with Crippen molar-refractivity contribution in [1.82, 2.24) is 0 Å². The average Bonchev–Trinajstić information content (AvgIpc) is 2.71. The zero-order valence-corrected chi connectivity index (χ0v) is 17.0. The van der Waals surface area contributed by atoms with E-state index < -0.39 is 5.41 Å². The Morgan fingerprint density at radius 3 is 2.11 bits per heavy atom. The van der Waals surface area contributed by atoms with Gasteiger partial charge in [-0.15, -0.1) is 6.58 Å². The molecule has 0 saturated carbocycles. The van der Waals surface area contributed by atoms with Crippen molar-refractivity contribution < 1.29 is 23.4 Å². The third-order valence-corrected chi connectivity index (χ3v) is 5.00. The molecule has 3 rings (SSSR count). The molecule has 0 radical (unpaired) electrons. The molecule has 0 amide bonds. The van der Waals surface area contributed by atoms with E-state index >= 15 is 0 Å². The first-order chi connectivity index (χ1) is 13.3. The van der Waals surface area contributed by atoms with Crippen molar-refractivity contribution in [3.8, 4) is 23.0 Å². The molecular weight excluding hydrogens is 360 g/mol. The summed E-state index contributed by atoms with van der Waals surface area (Å²) in [6, 6.07) is 5.13. The van der Waals surface area contributed by atoms with E-state index in [9.17, 15) is 4.79 Å². The molecule has 0 aliphatic rings. The van der Waals surface area contributed by atoms with Gasteiger partial charge < -0.3 is 23.4 Å². The fourth-order valence-electron chi connectivity index (χ4n) is 3.29. The molecule has 0 aliphatic carbocycles. The maximum Gasteiger partial charge on any atom is 0.204 e. The van der Waals surface area contributed by atoms with Gasteiger partial charge in [-0.05, 0) is 18.2 Å². The molecule has 28 heavy (non-hydrogen) atoms. The van der Waals surface area contributed by atoms with Crippen LogP contribution in [0.1, 0.15) is 19.4 Å². The Morgan fingerprint density at radius 1 is 0.929 bits per heavy atom. The van der Waals surface area contributed by atoms with Crippen molar-refractivity contribution in [2.45, 2.75) is 19.3 Å². The summed E-state index contributed by atoms with van der Waals surface area (Å²) in [4.78, 5) is 13.5. The molecule has 0 N–H and O–H groups in total. The Balaban J connectivity index is 2.65. The highest BCUT2D eigenvalue weighted by molar-refractivity contribution is 5.99. The topological polar surface area (TPSA) is 67.1 Å². The highest BCUT2D eigenvalue weighted by Crippen LogP contribution is 2.44. The summed E-state index contributed by atoms with van der Waals surface area (Å²) in [5, 5.41) is 0.672. The molecule has 1 heterocycles. The Kier molecular flexibility index (Phi) is 4.98. The third kappa shape index (κ3) is 2.76. The summed E-state index contributed by atoms with van der Waals surface area (Å²) in [6.07, 6.45) is 1.79. The quantitative estimate of drug-likeness (QED) is 0.462. The second kappa shape index (κ2) is 7.11. The maximum atomic E-state index is 13.5. The lowest BCUT2D eigenvalue weighted by molar-refractivity contribution is 0.352. The van der Waals surface area contributed by atoms with Crippen LogP contribution in [0.25, 0.3) is 21.9 Å². The lowest BCUT2D eigenvalue weighted by atomic mass is 9.83. The summed E-state index contributed by atoms with van der Waals surface area (Å²) in [5.41, 5.74) is 0.723. The standard InChI is InChI=1S/C22H24O6/c1-8-22(2,3)13-11-15(25-5)20(26-6)16-17(23)12-9-10-14(24-4)21(27-7)18(12)28-19(13)16/h8-11H,1H2,2-7H3. The number of hydrogen-bond donors (Lipinski definition) is 0. The van der Waals surface area contributed by atoms with Crippen molar-refractivity contribution in [3.05, 3.63) is 46.6 Å². The average molecular weight is 384 g/mol. The van der Waals surface area contributed by atoms with E-state index in [4.69, 9.17) is 23.4 Å². The van der Waals surface area contributed by atoms with E-state index in [1.807, 2.05) is 19.9 Å². The molecule has 0 unspecified atom stereocenters. The Labute approximate surface area is 163 Å². The minimum absolute atomic E-state index is 0.242. The van der Waals surface area contributed by atoms with E-state index in [-0.39, 0.29) is 5.43 Å². The molecule has 0 bridgehead atoms. The van der Waals surface area contributed by atoms with Crippen LogP contribution in [-0.4, -0.2) is 28.4 Å². The third-order valence-electron chi connectivity index (χ3n) is 5.00. The fourth-order valence-corrected chi connectivity index (χ4v) is 3.29. The summed E-state index contributed by atoms with van der Waals surface area (Å²) in [5.74, 6) is 1.61. The van der Waals surface area contributed by atoms with Crippen LogP contribution < -0.4 is 24.4 Å². The van der Waals surface area contributed by atoms with Crippen LogP contribution in [0.15, 0.2) is 40.1 Å². The molecule has 0 aliphatic heterocycles. The highest BCUT2D eigenvalue weighted by atomic mass is 16.5. The van der Waals surface area contributed by atoms with Crippen LogP contribution in [0.2, 0.25) is 0 Å². The summed E-state index contributed by atoms with van der Waals surface area (Å²) >= 11 is 0. The van der Waals surface area contributed by atoms with Crippen LogP contribution >= 0.6 is 0 Å². The number of allylic oxidation sites excluding steroid dienone is 1. The van der Waals surface area contributed by atoms with Crippen LogP contribution in [0.4, 0.5) is 0 Å². The van der Waals surface area contributed by atoms with Crippen molar-refractivity contribution >= 4 is 21.9 Å². The molecule has 1 aromatic heterocycles. The SMILES string of the molecule is C=CC(C)(C)c1cc(OC)c(OC)c2c(=O)c3ccc(OC)c(OC)c3oc12. The van der Waals surface area contributed by atoms with Crippen LogP contribution in [0.5, 0.6) is 23.0 Å². The number of hydrogen-bond acceptors (Lipinski definition) is 6. The van der Waals surface area contributed by atoms with Gasteiger partial charge in [0.25, 0.3) is 0 Å². The van der Waals surface area contributed by atoms with E-state index in [2.05, 4.69) is 6.58 Å². The molecule has 2 aromatic carbocycles. The minimum Gasteiger partial charge on any atom is -0.493 e. The Hall–Kier alpha value is -3.15. The molecule has 148 valence electrons. The van der Waals surface area contributed by atoms with Crippen LogP contribution in [-0.2, 0) is 5.41 Å². The van der Waals surface area contributed by atoms with Gasteiger partial charge in [-0.2, -0.15) is 0 Å². The van der Waals surface area contributed by atoms with Gasteiger partial charge in [-0.3, -0.25) is 4.79 Å². The summed E-state index contributed by atoms with van der Waals surface area (Å²) in [7, 11) is 6.06. The molecule has 6 nitrogen and oxygen atoms in total. The van der Waals surface area contributed by atoms with E-state index in [0.29, 0.717) is 44.9 Å². The van der Waals surface area contributed by atoms with Gasteiger partial charge in [0.2, 0.25) is 11.2 Å². The fraction of sp³-hybridized carbons (Fsp3) is 0.318. The van der Waals surface area contributed by atoms with Crippen LogP contribution in [0, 0.1) is 0 Å². The van der Waals surface area contributed by atoms with Crippen LogP contribution in [0.3, 0.4) is 0 Å². The first kappa shape index (κ1) is 19.6. The maximum absolute atomic E-state index is 13.5. The molecule has 0 spiro atoms. The normalized spacial score (nSPS) is 11.5. The predicted molar refractivity (Wildman–Crippen MR) is 109 cm³/mol. The van der Waals surface area contributed by atoms with Crippen molar-refractivity contribution in [2.75, 3.05) is 28.4 Å². The van der Waals surface area contributed by atoms with Gasteiger partial charge in [0.05, 0.1) is 33.8 Å². The number of fused-ring (bicyclic) bond motifs is 2. The van der Waals surface area contributed by atoms with Gasteiger partial charge in [-0.1, -0.05) is 19.9 Å². The number of benzene rings is 2. The lowest BCUT2D eigenvalue weighted by Gasteiger charge is -2.24. The lowest BCUT2D eigenvalue weighted by Crippen LogP contribution is -2.16. The molecule has 6 heteroatoms. The van der Waals surface area contributed by atoms with Gasteiger partial charge >= 0.3 is 0 Å². The Morgan fingerprint density at radius 2 is 1.57 bits per heavy atom. The first-order valence-electron chi connectivity index (χ1n) is 8.75. The monoisotopic (exact) mass is 384 g/mol. The minimum atomic E-state index is -0.493. The van der Waals surface area contributed by atoms with Gasteiger partial charge in [0.15, 0.2) is 22.8 Å². The molecule has 0 atom stereocenters. The number of methoxy groups -OCH3 is 4. The predicted octanol–water partition coefficient (Wildman–Crippen LogP) is 4.44. The van der Waals surface area contributed by atoms with E-state index in [1.165, 1.54) is 28.4 Å². The van der Waals surface area contributed by atoms with Gasteiger partial charge in [0, 0.05) is 11.0 Å². The number of ether oxygens (including phenoxy) is 4. The van der Waals surface area contributed by atoms with Gasteiger partial charge in [0.1, 0.15) is 11.0 Å². The molecule has 0 saturated heterocycles. The Bertz CT molecular complexity index is 1120. The largest absolute Gasteiger partial charge is 0.493 e. The number of rotatable bonds is 6. The highest BCUT2D eigenvalue weighted by Gasteiger charge is 2.28. The van der Waals surface area contributed by atoms with Gasteiger partial charge in [-0.25, -0.2) is 0 Å². The van der Waals surface area contributed by atoms with Crippen molar-refractivity contribution in [1.29, 1.82) is 0 Å².